The molecule has 0 aliphatic carbocycles. The summed E-state index contributed by atoms with van der Waals surface area (Å²) in [7, 11) is 0. The summed E-state index contributed by atoms with van der Waals surface area (Å²) in [6.45, 7) is 8.12. The summed E-state index contributed by atoms with van der Waals surface area (Å²) in [4.78, 5) is 13.7. The van der Waals surface area contributed by atoms with Crippen molar-refractivity contribution < 1.29 is 4.79 Å². The standard InChI is InChI=1S/C17H25N3OS/c1-12(2)8-9-18-17(22)19-14-6-7-15(13(3)11-14)20-10-4-5-16(20)21/h6-7,11-12H,4-5,8-10H2,1-3H3,(H2,18,19,22). The zero-order valence-corrected chi connectivity index (χ0v) is 14.4. The maximum atomic E-state index is 11.8. The van der Waals surface area contributed by atoms with Crippen LogP contribution in [0.4, 0.5) is 11.4 Å². The lowest BCUT2D eigenvalue weighted by Gasteiger charge is -2.19. The molecule has 1 aromatic carbocycles. The first-order valence-corrected chi connectivity index (χ1v) is 8.34. The highest BCUT2D eigenvalue weighted by Gasteiger charge is 2.22. The number of hydrogen-bond donors (Lipinski definition) is 2. The number of aryl methyl sites for hydroxylation is 1. The number of carbonyl (C=O) groups is 1. The highest BCUT2D eigenvalue weighted by Crippen LogP contribution is 2.27. The van der Waals surface area contributed by atoms with E-state index in [1.165, 1.54) is 0 Å². The molecule has 1 fully saturated rings. The van der Waals surface area contributed by atoms with Crippen LogP contribution in [0.3, 0.4) is 0 Å². The maximum Gasteiger partial charge on any atom is 0.227 e. The summed E-state index contributed by atoms with van der Waals surface area (Å²) >= 11 is 5.30. The highest BCUT2D eigenvalue weighted by atomic mass is 32.1. The molecule has 1 heterocycles. The summed E-state index contributed by atoms with van der Waals surface area (Å²) in [6, 6.07) is 6.01. The molecule has 120 valence electrons. The van der Waals surface area contributed by atoms with Crippen LogP contribution in [0.5, 0.6) is 0 Å². The molecule has 22 heavy (non-hydrogen) atoms. The Kier molecular flexibility index (Phi) is 5.77. The third kappa shape index (κ3) is 4.44. The molecule has 2 rings (SSSR count). The van der Waals surface area contributed by atoms with Gasteiger partial charge >= 0.3 is 0 Å². The summed E-state index contributed by atoms with van der Waals surface area (Å²) in [6.07, 6.45) is 2.70. The van der Waals surface area contributed by atoms with E-state index in [0.29, 0.717) is 17.5 Å². The Morgan fingerprint density at radius 1 is 1.41 bits per heavy atom. The van der Waals surface area contributed by atoms with Crippen molar-refractivity contribution in [2.75, 3.05) is 23.3 Å². The SMILES string of the molecule is Cc1cc(NC(=S)NCCC(C)C)ccc1N1CCCC1=O. The molecular weight excluding hydrogens is 294 g/mol. The van der Waals surface area contributed by atoms with E-state index in [1.807, 2.05) is 30.0 Å². The van der Waals surface area contributed by atoms with Gasteiger partial charge in [0.15, 0.2) is 5.11 Å². The maximum absolute atomic E-state index is 11.8. The van der Waals surface area contributed by atoms with Crippen molar-refractivity contribution in [1.82, 2.24) is 5.32 Å². The minimum absolute atomic E-state index is 0.217. The quantitative estimate of drug-likeness (QED) is 0.816. The molecule has 0 saturated carbocycles. The van der Waals surface area contributed by atoms with Crippen molar-refractivity contribution in [2.45, 2.75) is 40.0 Å². The highest BCUT2D eigenvalue weighted by molar-refractivity contribution is 7.80. The largest absolute Gasteiger partial charge is 0.362 e. The van der Waals surface area contributed by atoms with E-state index in [-0.39, 0.29) is 5.91 Å². The summed E-state index contributed by atoms with van der Waals surface area (Å²) < 4.78 is 0. The lowest BCUT2D eigenvalue weighted by molar-refractivity contribution is -0.117. The number of amides is 1. The molecular formula is C17H25N3OS. The minimum Gasteiger partial charge on any atom is -0.362 e. The number of rotatable bonds is 5. The van der Waals surface area contributed by atoms with Gasteiger partial charge in [0.1, 0.15) is 0 Å². The van der Waals surface area contributed by atoms with Crippen molar-refractivity contribution in [3.8, 4) is 0 Å². The van der Waals surface area contributed by atoms with Gasteiger partial charge in [-0.3, -0.25) is 4.79 Å². The van der Waals surface area contributed by atoms with Gasteiger partial charge in [0.05, 0.1) is 0 Å². The van der Waals surface area contributed by atoms with Crippen LogP contribution in [0.2, 0.25) is 0 Å². The summed E-state index contributed by atoms with van der Waals surface area (Å²) in [5.74, 6) is 0.879. The Morgan fingerprint density at radius 2 is 2.18 bits per heavy atom. The van der Waals surface area contributed by atoms with Crippen molar-refractivity contribution in [3.05, 3.63) is 23.8 Å². The van der Waals surface area contributed by atoms with E-state index < -0.39 is 0 Å². The van der Waals surface area contributed by atoms with Crippen LogP contribution in [0.25, 0.3) is 0 Å². The Balaban J connectivity index is 1.94. The molecule has 1 saturated heterocycles. The second-order valence-electron chi connectivity index (χ2n) is 6.21. The number of nitrogens with one attached hydrogen (secondary N) is 2. The van der Waals surface area contributed by atoms with Crippen LogP contribution >= 0.6 is 12.2 Å². The Labute approximate surface area is 138 Å². The van der Waals surface area contributed by atoms with Gasteiger partial charge in [-0.15, -0.1) is 0 Å². The van der Waals surface area contributed by atoms with E-state index in [0.717, 1.165) is 42.9 Å². The molecule has 1 amide bonds. The molecule has 0 unspecified atom stereocenters. The zero-order chi connectivity index (χ0) is 16.1. The van der Waals surface area contributed by atoms with Crippen molar-refractivity contribution in [3.63, 3.8) is 0 Å². The normalized spacial score (nSPS) is 14.5. The molecule has 1 aromatic rings. The number of nitrogens with zero attached hydrogens (tertiary/aromatic N) is 1. The van der Waals surface area contributed by atoms with Gasteiger partial charge in [-0.2, -0.15) is 0 Å². The number of carbonyl (C=O) groups excluding carboxylic acids is 1. The second kappa shape index (κ2) is 7.58. The van der Waals surface area contributed by atoms with Crippen LogP contribution in [0.1, 0.15) is 38.7 Å². The second-order valence-corrected chi connectivity index (χ2v) is 6.62. The first-order valence-electron chi connectivity index (χ1n) is 7.93. The lowest BCUT2D eigenvalue weighted by Crippen LogP contribution is -2.30. The third-order valence-electron chi connectivity index (χ3n) is 3.83. The smallest absolute Gasteiger partial charge is 0.227 e. The first kappa shape index (κ1) is 16.7. The van der Waals surface area contributed by atoms with Gasteiger partial charge in [0, 0.05) is 30.9 Å². The van der Waals surface area contributed by atoms with Crippen LogP contribution < -0.4 is 15.5 Å². The minimum atomic E-state index is 0.217. The Morgan fingerprint density at radius 3 is 2.77 bits per heavy atom. The lowest BCUT2D eigenvalue weighted by atomic mass is 10.1. The molecule has 1 aliphatic rings. The van der Waals surface area contributed by atoms with Gasteiger partial charge in [-0.25, -0.2) is 0 Å². The van der Waals surface area contributed by atoms with E-state index in [1.54, 1.807) is 0 Å². The molecule has 0 radical (unpaired) electrons. The van der Waals surface area contributed by atoms with E-state index in [4.69, 9.17) is 12.2 Å². The molecule has 0 atom stereocenters. The fraction of sp³-hybridized carbons (Fsp3) is 0.529. The van der Waals surface area contributed by atoms with Crippen molar-refractivity contribution in [1.29, 1.82) is 0 Å². The van der Waals surface area contributed by atoms with E-state index >= 15 is 0 Å². The van der Waals surface area contributed by atoms with E-state index in [2.05, 4.69) is 24.5 Å². The third-order valence-corrected chi connectivity index (χ3v) is 4.07. The van der Waals surface area contributed by atoms with Gasteiger partial charge in [-0.1, -0.05) is 13.8 Å². The molecule has 0 aromatic heterocycles. The predicted molar refractivity (Wildman–Crippen MR) is 96.4 cm³/mol. The molecule has 5 heteroatoms. The number of anilines is 2. The van der Waals surface area contributed by atoms with Gasteiger partial charge in [0.25, 0.3) is 0 Å². The zero-order valence-electron chi connectivity index (χ0n) is 13.6. The van der Waals surface area contributed by atoms with Crippen LogP contribution in [-0.2, 0) is 4.79 Å². The fourth-order valence-corrected chi connectivity index (χ4v) is 2.81. The number of benzene rings is 1. The topological polar surface area (TPSA) is 44.4 Å². The van der Waals surface area contributed by atoms with Crippen LogP contribution in [-0.4, -0.2) is 24.1 Å². The molecule has 0 bridgehead atoms. The molecule has 4 nitrogen and oxygen atoms in total. The van der Waals surface area contributed by atoms with Crippen molar-refractivity contribution >= 4 is 34.6 Å². The van der Waals surface area contributed by atoms with Crippen LogP contribution in [0.15, 0.2) is 18.2 Å². The summed E-state index contributed by atoms with van der Waals surface area (Å²) in [5.41, 5.74) is 3.05. The van der Waals surface area contributed by atoms with Crippen LogP contribution in [0, 0.1) is 12.8 Å². The van der Waals surface area contributed by atoms with Gasteiger partial charge in [0.2, 0.25) is 5.91 Å². The Hall–Kier alpha value is -1.62. The predicted octanol–water partition coefficient (Wildman–Crippen LogP) is 3.45. The first-order chi connectivity index (χ1) is 10.5. The van der Waals surface area contributed by atoms with Gasteiger partial charge < -0.3 is 15.5 Å². The number of thiocarbonyl (C=S) groups is 1. The van der Waals surface area contributed by atoms with Gasteiger partial charge in [-0.05, 0) is 61.7 Å². The summed E-state index contributed by atoms with van der Waals surface area (Å²) in [5, 5.41) is 7.06. The van der Waals surface area contributed by atoms with E-state index in [9.17, 15) is 4.79 Å². The molecule has 0 spiro atoms. The average Bonchev–Trinajstić information content (AvgIpc) is 2.84. The number of hydrogen-bond acceptors (Lipinski definition) is 2. The molecule has 2 N–H and O–H groups in total. The molecule has 1 aliphatic heterocycles. The average molecular weight is 319 g/mol. The fourth-order valence-electron chi connectivity index (χ4n) is 2.59. The Bertz CT molecular complexity index is 557. The monoisotopic (exact) mass is 319 g/mol. The van der Waals surface area contributed by atoms with Crippen molar-refractivity contribution in [2.24, 2.45) is 5.92 Å².